The number of aromatic nitrogens is 1. The van der Waals surface area contributed by atoms with Crippen LogP contribution in [-0.2, 0) is 14.9 Å². The van der Waals surface area contributed by atoms with Gasteiger partial charge in [0.15, 0.2) is 0 Å². The van der Waals surface area contributed by atoms with E-state index in [1.165, 1.54) is 0 Å². The standard InChI is InChI=1S/C21H22Cl2N2O2S/c1-4-27-19(26)14-9-15(7-8-24-11-14)21(2,3)20-25-18(12-28-20)13-5-6-16(22)17(23)10-13/h5-6,9-12,15H,4,7-8H2,1-3H3. The highest BCUT2D eigenvalue weighted by atomic mass is 35.5. The van der Waals surface area contributed by atoms with Crippen LogP contribution >= 0.6 is 34.5 Å². The Morgan fingerprint density at radius 2 is 2.11 bits per heavy atom. The molecule has 1 aliphatic rings. The van der Waals surface area contributed by atoms with Gasteiger partial charge < -0.3 is 4.74 Å². The molecule has 0 radical (unpaired) electrons. The van der Waals surface area contributed by atoms with Gasteiger partial charge in [0.1, 0.15) is 0 Å². The van der Waals surface area contributed by atoms with E-state index in [4.69, 9.17) is 32.9 Å². The molecule has 3 rings (SSSR count). The molecular formula is C21H22Cl2N2O2S. The summed E-state index contributed by atoms with van der Waals surface area (Å²) in [6.45, 7) is 7.11. The molecule has 1 aliphatic heterocycles. The van der Waals surface area contributed by atoms with Gasteiger partial charge in [-0.3, -0.25) is 4.99 Å². The molecule has 1 atom stereocenters. The zero-order chi connectivity index (χ0) is 20.3. The Labute approximate surface area is 179 Å². The second kappa shape index (κ2) is 8.76. The van der Waals surface area contributed by atoms with Gasteiger partial charge in [-0.15, -0.1) is 11.3 Å². The predicted octanol–water partition coefficient (Wildman–Crippen LogP) is 5.97. The summed E-state index contributed by atoms with van der Waals surface area (Å²) in [7, 11) is 0. The zero-order valence-electron chi connectivity index (χ0n) is 16.0. The molecule has 2 heterocycles. The van der Waals surface area contributed by atoms with E-state index in [2.05, 4.69) is 18.8 Å². The van der Waals surface area contributed by atoms with Crippen LogP contribution in [0.2, 0.25) is 10.0 Å². The van der Waals surface area contributed by atoms with Crippen molar-refractivity contribution in [3.8, 4) is 11.3 Å². The van der Waals surface area contributed by atoms with Crippen molar-refractivity contribution in [2.24, 2.45) is 10.9 Å². The third kappa shape index (κ3) is 4.48. The van der Waals surface area contributed by atoms with Crippen molar-refractivity contribution in [3.63, 3.8) is 0 Å². The second-order valence-corrected chi connectivity index (χ2v) is 8.83. The summed E-state index contributed by atoms with van der Waals surface area (Å²) in [5, 5.41) is 4.06. The number of aliphatic imine (C=N–C) groups is 1. The fraction of sp³-hybridized carbons (Fsp3) is 0.381. The average molecular weight is 437 g/mol. The van der Waals surface area contributed by atoms with Gasteiger partial charge >= 0.3 is 5.97 Å². The number of carbonyl (C=O) groups excluding carboxylic acids is 1. The summed E-state index contributed by atoms with van der Waals surface area (Å²) in [6, 6.07) is 5.52. The van der Waals surface area contributed by atoms with E-state index in [1.807, 2.05) is 23.6 Å². The number of hydrogen-bond acceptors (Lipinski definition) is 5. The smallest absolute Gasteiger partial charge is 0.339 e. The number of rotatable bonds is 5. The first kappa shape index (κ1) is 21.0. The predicted molar refractivity (Wildman–Crippen MR) is 117 cm³/mol. The van der Waals surface area contributed by atoms with Gasteiger partial charge in [-0.25, -0.2) is 9.78 Å². The van der Waals surface area contributed by atoms with Crippen LogP contribution in [0, 0.1) is 5.92 Å². The topological polar surface area (TPSA) is 51.5 Å². The number of ether oxygens (including phenoxy) is 1. The number of carbonyl (C=O) groups is 1. The van der Waals surface area contributed by atoms with Crippen LogP contribution in [0.4, 0.5) is 0 Å². The lowest BCUT2D eigenvalue weighted by Crippen LogP contribution is -2.28. The summed E-state index contributed by atoms with van der Waals surface area (Å²) < 4.78 is 5.15. The van der Waals surface area contributed by atoms with Crippen LogP contribution in [0.1, 0.15) is 32.2 Å². The van der Waals surface area contributed by atoms with Gasteiger partial charge in [0.05, 0.1) is 32.9 Å². The molecular weight excluding hydrogens is 415 g/mol. The summed E-state index contributed by atoms with van der Waals surface area (Å²) in [6.07, 6.45) is 4.44. The Balaban J connectivity index is 1.90. The van der Waals surface area contributed by atoms with Crippen molar-refractivity contribution >= 4 is 46.7 Å². The van der Waals surface area contributed by atoms with Crippen molar-refractivity contribution in [1.82, 2.24) is 4.98 Å². The molecule has 0 amide bonds. The van der Waals surface area contributed by atoms with Crippen LogP contribution in [-0.4, -0.2) is 30.3 Å². The van der Waals surface area contributed by atoms with Crippen LogP contribution in [0.15, 0.2) is 40.2 Å². The molecule has 2 aromatic rings. The van der Waals surface area contributed by atoms with Crippen molar-refractivity contribution < 1.29 is 9.53 Å². The van der Waals surface area contributed by atoms with Crippen LogP contribution in [0.3, 0.4) is 0 Å². The fourth-order valence-corrected chi connectivity index (χ4v) is 4.46. The highest BCUT2D eigenvalue weighted by molar-refractivity contribution is 7.10. The molecule has 148 valence electrons. The van der Waals surface area contributed by atoms with Crippen LogP contribution < -0.4 is 0 Å². The normalized spacial score (nSPS) is 17.2. The Bertz CT molecular complexity index is 934. The maximum absolute atomic E-state index is 12.2. The van der Waals surface area contributed by atoms with Crippen molar-refractivity contribution in [3.05, 3.63) is 50.3 Å². The van der Waals surface area contributed by atoms with Crippen molar-refractivity contribution in [2.45, 2.75) is 32.6 Å². The molecule has 0 fully saturated rings. The molecule has 1 unspecified atom stereocenters. The summed E-state index contributed by atoms with van der Waals surface area (Å²) >= 11 is 13.8. The first-order chi connectivity index (χ1) is 13.3. The lowest BCUT2D eigenvalue weighted by Gasteiger charge is -2.30. The van der Waals surface area contributed by atoms with Crippen molar-refractivity contribution in [2.75, 3.05) is 13.2 Å². The van der Waals surface area contributed by atoms with Gasteiger partial charge in [0, 0.05) is 29.1 Å². The van der Waals surface area contributed by atoms with E-state index >= 15 is 0 Å². The molecule has 1 aromatic carbocycles. The van der Waals surface area contributed by atoms with Gasteiger partial charge in [-0.05, 0) is 31.4 Å². The molecule has 0 saturated heterocycles. The highest BCUT2D eigenvalue weighted by Gasteiger charge is 2.34. The minimum absolute atomic E-state index is 0.113. The summed E-state index contributed by atoms with van der Waals surface area (Å²) in [4.78, 5) is 21.4. The first-order valence-corrected chi connectivity index (χ1v) is 10.8. The van der Waals surface area contributed by atoms with E-state index in [0.29, 0.717) is 28.8 Å². The summed E-state index contributed by atoms with van der Waals surface area (Å²) in [5.74, 6) is -0.216. The quantitative estimate of drug-likeness (QED) is 0.541. The Kier molecular flexibility index (Phi) is 6.58. The SMILES string of the molecule is CCOC(=O)C1=CC(C(C)(C)c2nc(-c3ccc(Cl)c(Cl)c3)cs2)CCN=C1. The van der Waals surface area contributed by atoms with Gasteiger partial charge in [-0.1, -0.05) is 49.2 Å². The Morgan fingerprint density at radius 1 is 1.32 bits per heavy atom. The van der Waals surface area contributed by atoms with Gasteiger partial charge in [0.25, 0.3) is 0 Å². The lowest BCUT2D eigenvalue weighted by molar-refractivity contribution is -0.137. The van der Waals surface area contributed by atoms with Gasteiger partial charge in [0.2, 0.25) is 0 Å². The first-order valence-electron chi connectivity index (χ1n) is 9.13. The number of halogens is 2. The molecule has 0 spiro atoms. The maximum atomic E-state index is 12.2. The van der Waals surface area contributed by atoms with E-state index < -0.39 is 0 Å². The molecule has 28 heavy (non-hydrogen) atoms. The third-order valence-electron chi connectivity index (χ3n) is 4.89. The monoisotopic (exact) mass is 436 g/mol. The molecule has 1 aromatic heterocycles. The molecule has 0 bridgehead atoms. The Hall–Kier alpha value is -1.69. The zero-order valence-corrected chi connectivity index (χ0v) is 18.4. The van der Waals surface area contributed by atoms with Gasteiger partial charge in [-0.2, -0.15) is 0 Å². The molecule has 0 N–H and O–H groups in total. The number of hydrogen-bond donors (Lipinski definition) is 0. The van der Waals surface area contributed by atoms with E-state index in [9.17, 15) is 4.79 Å². The second-order valence-electron chi connectivity index (χ2n) is 7.16. The molecule has 7 heteroatoms. The average Bonchev–Trinajstić information content (AvgIpc) is 3.02. The van der Waals surface area contributed by atoms with E-state index in [0.717, 1.165) is 22.7 Å². The number of thiazole rings is 1. The minimum atomic E-state index is -0.329. The van der Waals surface area contributed by atoms with Crippen LogP contribution in [0.5, 0.6) is 0 Å². The minimum Gasteiger partial charge on any atom is -0.462 e. The number of benzene rings is 1. The summed E-state index contributed by atoms with van der Waals surface area (Å²) in [5.41, 5.74) is 2.05. The lowest BCUT2D eigenvalue weighted by atomic mass is 9.76. The number of nitrogens with zero attached hydrogens (tertiary/aromatic N) is 2. The third-order valence-corrected chi connectivity index (χ3v) is 6.81. The molecule has 0 saturated carbocycles. The largest absolute Gasteiger partial charge is 0.462 e. The fourth-order valence-electron chi connectivity index (χ4n) is 3.14. The Morgan fingerprint density at radius 3 is 2.82 bits per heavy atom. The van der Waals surface area contributed by atoms with Crippen molar-refractivity contribution in [1.29, 1.82) is 0 Å². The highest BCUT2D eigenvalue weighted by Crippen LogP contribution is 2.39. The van der Waals surface area contributed by atoms with E-state index in [-0.39, 0.29) is 17.3 Å². The van der Waals surface area contributed by atoms with E-state index in [1.54, 1.807) is 30.5 Å². The van der Waals surface area contributed by atoms with Crippen LogP contribution in [0.25, 0.3) is 11.3 Å². The number of esters is 1. The number of allylic oxidation sites excluding steroid dienone is 1. The molecule has 0 aliphatic carbocycles. The maximum Gasteiger partial charge on any atom is 0.339 e. The molecule has 4 nitrogen and oxygen atoms in total.